The van der Waals surface area contributed by atoms with Gasteiger partial charge in [0.05, 0.1) is 24.2 Å². The van der Waals surface area contributed by atoms with Crippen LogP contribution in [0.2, 0.25) is 0 Å². The van der Waals surface area contributed by atoms with Gasteiger partial charge in [-0.1, -0.05) is 18.2 Å². The fraction of sp³-hybridized carbons (Fsp3) is 0.353. The summed E-state index contributed by atoms with van der Waals surface area (Å²) in [7, 11) is 0. The number of benzene rings is 1. The van der Waals surface area contributed by atoms with E-state index < -0.39 is 0 Å². The molecular weight excluding hydrogens is 292 g/mol. The number of rotatable bonds is 4. The van der Waals surface area contributed by atoms with E-state index >= 15 is 0 Å². The van der Waals surface area contributed by atoms with Crippen LogP contribution >= 0.6 is 0 Å². The lowest BCUT2D eigenvalue weighted by atomic mass is 9.97. The number of nitrogens with zero attached hydrogens (tertiary/aromatic N) is 3. The highest BCUT2D eigenvalue weighted by Gasteiger charge is 2.27. The van der Waals surface area contributed by atoms with Crippen molar-refractivity contribution in [3.8, 4) is 5.69 Å². The molecule has 1 atom stereocenters. The number of carbonyl (C=O) groups is 2. The maximum absolute atomic E-state index is 12.4. The van der Waals surface area contributed by atoms with Crippen molar-refractivity contribution in [1.82, 2.24) is 14.7 Å². The van der Waals surface area contributed by atoms with Crippen LogP contribution in [0.1, 0.15) is 18.4 Å². The van der Waals surface area contributed by atoms with Gasteiger partial charge in [0.25, 0.3) is 0 Å². The maximum atomic E-state index is 12.4. The summed E-state index contributed by atoms with van der Waals surface area (Å²) >= 11 is 0. The number of nitrogens with two attached hydrogens (primary N) is 1. The predicted octanol–water partition coefficient (Wildman–Crippen LogP) is 1.14. The van der Waals surface area contributed by atoms with Crippen molar-refractivity contribution >= 4 is 11.8 Å². The largest absolute Gasteiger partial charge is 0.369 e. The minimum atomic E-state index is -0.320. The van der Waals surface area contributed by atoms with Crippen molar-refractivity contribution in [3.05, 3.63) is 48.3 Å². The molecule has 2 heterocycles. The summed E-state index contributed by atoms with van der Waals surface area (Å²) in [5.74, 6) is -0.525. The Morgan fingerprint density at radius 2 is 2.04 bits per heavy atom. The van der Waals surface area contributed by atoms with Crippen LogP contribution in [0.3, 0.4) is 0 Å². The summed E-state index contributed by atoms with van der Waals surface area (Å²) in [5.41, 5.74) is 7.18. The van der Waals surface area contributed by atoms with E-state index in [1.54, 1.807) is 15.8 Å². The molecule has 2 N–H and O–H groups in total. The Morgan fingerprint density at radius 3 is 2.78 bits per heavy atom. The van der Waals surface area contributed by atoms with E-state index in [-0.39, 0.29) is 24.2 Å². The lowest BCUT2D eigenvalue weighted by molar-refractivity contribution is -0.134. The molecule has 1 aromatic heterocycles. The minimum absolute atomic E-state index is 0.0172. The van der Waals surface area contributed by atoms with E-state index in [2.05, 4.69) is 5.10 Å². The number of para-hydroxylation sites is 1. The standard InChI is InChI=1S/C17H20N4O2/c18-17(23)14-5-4-8-20(12-14)16(22)9-13-10-19-21(11-13)15-6-2-1-3-7-15/h1-3,6-7,10-11,14H,4-5,8-9,12H2,(H2,18,23). The molecule has 1 aliphatic rings. The van der Waals surface area contributed by atoms with E-state index in [1.165, 1.54) is 0 Å². The second-order valence-electron chi connectivity index (χ2n) is 5.89. The smallest absolute Gasteiger partial charge is 0.227 e. The van der Waals surface area contributed by atoms with Crippen LogP contribution in [-0.2, 0) is 16.0 Å². The van der Waals surface area contributed by atoms with Gasteiger partial charge in [-0.2, -0.15) is 5.10 Å². The Morgan fingerprint density at radius 1 is 1.26 bits per heavy atom. The van der Waals surface area contributed by atoms with E-state index in [0.29, 0.717) is 13.1 Å². The topological polar surface area (TPSA) is 81.2 Å². The minimum Gasteiger partial charge on any atom is -0.369 e. The highest BCUT2D eigenvalue weighted by molar-refractivity contribution is 5.81. The first-order valence-electron chi connectivity index (χ1n) is 7.79. The molecule has 1 fully saturated rings. The van der Waals surface area contributed by atoms with E-state index in [0.717, 1.165) is 24.1 Å². The third-order valence-electron chi connectivity index (χ3n) is 4.19. The molecule has 3 rings (SSSR count). The molecule has 0 aliphatic carbocycles. The number of piperidine rings is 1. The van der Waals surface area contributed by atoms with E-state index in [4.69, 9.17) is 5.73 Å². The van der Waals surface area contributed by atoms with Crippen molar-refractivity contribution in [2.24, 2.45) is 11.7 Å². The first-order chi connectivity index (χ1) is 11.1. The molecular formula is C17H20N4O2. The molecule has 1 aliphatic heterocycles. The molecule has 0 saturated carbocycles. The normalized spacial score (nSPS) is 17.9. The summed E-state index contributed by atoms with van der Waals surface area (Å²) in [4.78, 5) is 25.5. The highest BCUT2D eigenvalue weighted by atomic mass is 16.2. The van der Waals surface area contributed by atoms with Gasteiger partial charge in [0.15, 0.2) is 0 Å². The summed E-state index contributed by atoms with van der Waals surface area (Å²) < 4.78 is 1.75. The lowest BCUT2D eigenvalue weighted by Crippen LogP contribution is -2.44. The summed E-state index contributed by atoms with van der Waals surface area (Å²) in [6, 6.07) is 9.75. The van der Waals surface area contributed by atoms with Gasteiger partial charge in [-0.3, -0.25) is 9.59 Å². The molecule has 1 unspecified atom stereocenters. The number of hydrogen-bond donors (Lipinski definition) is 1. The molecule has 0 bridgehead atoms. The molecule has 6 nitrogen and oxygen atoms in total. The fourth-order valence-corrected chi connectivity index (χ4v) is 2.90. The van der Waals surface area contributed by atoms with Crippen molar-refractivity contribution in [2.45, 2.75) is 19.3 Å². The van der Waals surface area contributed by atoms with Crippen molar-refractivity contribution in [3.63, 3.8) is 0 Å². The Bertz CT molecular complexity index is 696. The van der Waals surface area contributed by atoms with Crippen LogP contribution in [0.5, 0.6) is 0 Å². The first kappa shape index (κ1) is 15.3. The van der Waals surface area contributed by atoms with Crippen LogP contribution in [0, 0.1) is 5.92 Å². The average molecular weight is 312 g/mol. The predicted molar refractivity (Wildman–Crippen MR) is 85.8 cm³/mol. The van der Waals surface area contributed by atoms with Crippen molar-refractivity contribution in [2.75, 3.05) is 13.1 Å². The summed E-state index contributed by atoms with van der Waals surface area (Å²) in [5, 5.41) is 4.30. The third-order valence-corrected chi connectivity index (χ3v) is 4.19. The van der Waals surface area contributed by atoms with E-state index in [9.17, 15) is 9.59 Å². The zero-order valence-electron chi connectivity index (χ0n) is 12.9. The average Bonchev–Trinajstić information content (AvgIpc) is 3.04. The quantitative estimate of drug-likeness (QED) is 0.919. The van der Waals surface area contributed by atoms with Crippen LogP contribution in [0.4, 0.5) is 0 Å². The molecule has 1 saturated heterocycles. The zero-order chi connectivity index (χ0) is 16.2. The number of carbonyl (C=O) groups excluding carboxylic acids is 2. The molecule has 0 radical (unpaired) electrons. The molecule has 2 aromatic rings. The number of amides is 2. The highest BCUT2D eigenvalue weighted by Crippen LogP contribution is 2.17. The van der Waals surface area contributed by atoms with Gasteiger partial charge < -0.3 is 10.6 Å². The molecule has 2 amide bonds. The van der Waals surface area contributed by atoms with Gasteiger partial charge in [-0.05, 0) is 30.5 Å². The van der Waals surface area contributed by atoms with Gasteiger partial charge in [0.1, 0.15) is 0 Å². The maximum Gasteiger partial charge on any atom is 0.227 e. The first-order valence-corrected chi connectivity index (χ1v) is 7.79. The van der Waals surface area contributed by atoms with Gasteiger partial charge in [0.2, 0.25) is 11.8 Å². The number of likely N-dealkylation sites (tertiary alicyclic amines) is 1. The SMILES string of the molecule is NC(=O)C1CCCN(C(=O)Cc2cnn(-c3ccccc3)c2)C1. The number of aromatic nitrogens is 2. The molecule has 23 heavy (non-hydrogen) atoms. The van der Waals surface area contributed by atoms with Gasteiger partial charge >= 0.3 is 0 Å². The molecule has 1 aromatic carbocycles. The zero-order valence-corrected chi connectivity index (χ0v) is 12.9. The molecule has 120 valence electrons. The molecule has 0 spiro atoms. The Hall–Kier alpha value is -2.63. The third kappa shape index (κ3) is 3.59. The van der Waals surface area contributed by atoms with Crippen LogP contribution in [0.25, 0.3) is 5.69 Å². The number of primary amides is 1. The van der Waals surface area contributed by atoms with Crippen LogP contribution in [0.15, 0.2) is 42.7 Å². The van der Waals surface area contributed by atoms with Gasteiger partial charge in [-0.25, -0.2) is 4.68 Å². The Balaban J connectivity index is 1.64. The van der Waals surface area contributed by atoms with Gasteiger partial charge in [-0.15, -0.1) is 0 Å². The van der Waals surface area contributed by atoms with Crippen molar-refractivity contribution < 1.29 is 9.59 Å². The molecule has 6 heteroatoms. The second kappa shape index (κ2) is 6.64. The second-order valence-corrected chi connectivity index (χ2v) is 5.89. The summed E-state index contributed by atoms with van der Waals surface area (Å²) in [6.45, 7) is 1.12. The monoisotopic (exact) mass is 312 g/mol. The van der Waals surface area contributed by atoms with Crippen molar-refractivity contribution in [1.29, 1.82) is 0 Å². The number of hydrogen-bond acceptors (Lipinski definition) is 3. The fourth-order valence-electron chi connectivity index (χ4n) is 2.90. The van der Waals surface area contributed by atoms with E-state index in [1.807, 2.05) is 36.5 Å². The summed E-state index contributed by atoms with van der Waals surface area (Å²) in [6.07, 6.45) is 5.45. The van der Waals surface area contributed by atoms with Gasteiger partial charge in [0, 0.05) is 19.3 Å². The van der Waals surface area contributed by atoms with Crippen LogP contribution < -0.4 is 5.73 Å². The Labute approximate surface area is 134 Å². The van der Waals surface area contributed by atoms with Crippen LogP contribution in [-0.4, -0.2) is 39.6 Å². The Kier molecular flexibility index (Phi) is 4.41. The lowest BCUT2D eigenvalue weighted by Gasteiger charge is -2.31.